The zero-order valence-electron chi connectivity index (χ0n) is 2.97. The molecule has 5 heteroatoms. The Labute approximate surface area is 41.2 Å². The molecule has 1 aliphatic rings. The number of hydrogen-bond acceptors (Lipinski definition) is 4. The van der Waals surface area contributed by atoms with Crippen molar-refractivity contribution in [2.24, 2.45) is 11.5 Å². The molecule has 0 atom stereocenters. The molecule has 1 saturated heterocycles. The van der Waals surface area contributed by atoms with Crippen molar-refractivity contribution in [2.75, 3.05) is 0 Å². The maximum atomic E-state index is 4.91. The Kier molecular flexibility index (Phi) is 1.35. The van der Waals surface area contributed by atoms with Crippen LogP contribution < -0.4 is 16.9 Å². The molecule has 0 aromatic heterocycles. The first kappa shape index (κ1) is 6.13. The topological polar surface area (TPSA) is 86.5 Å². The van der Waals surface area contributed by atoms with Gasteiger partial charge in [0.15, 0.2) is 0 Å². The van der Waals surface area contributed by atoms with Crippen LogP contribution in [-0.2, 0) is 4.84 Å². The Balaban J connectivity index is 0.000000250. The standard InChI is InChI=1S/CH5N3O.ClH/c2-1(3)4-5-1;/h4H,2-3H2;1H. The summed E-state index contributed by atoms with van der Waals surface area (Å²) < 4.78 is 0. The summed E-state index contributed by atoms with van der Waals surface area (Å²) >= 11 is 0. The van der Waals surface area contributed by atoms with Crippen LogP contribution in [0.2, 0.25) is 0 Å². The van der Waals surface area contributed by atoms with Crippen LogP contribution in [0.1, 0.15) is 0 Å². The lowest BCUT2D eigenvalue weighted by Gasteiger charge is -1.80. The van der Waals surface area contributed by atoms with Crippen molar-refractivity contribution >= 4 is 12.4 Å². The Morgan fingerprint density at radius 2 is 1.67 bits per heavy atom. The summed E-state index contributed by atoms with van der Waals surface area (Å²) in [5.41, 5.74) is 12.0. The molecule has 0 unspecified atom stereocenters. The lowest BCUT2D eigenvalue weighted by molar-refractivity contribution is 0.303. The van der Waals surface area contributed by atoms with E-state index in [1.165, 1.54) is 0 Å². The zero-order chi connectivity index (χ0) is 3.91. The van der Waals surface area contributed by atoms with E-state index in [9.17, 15) is 0 Å². The molecule has 1 aliphatic heterocycles. The molecule has 4 nitrogen and oxygen atoms in total. The van der Waals surface area contributed by atoms with Crippen LogP contribution in [-0.4, -0.2) is 5.97 Å². The molecule has 0 spiro atoms. The summed E-state index contributed by atoms with van der Waals surface area (Å²) in [5, 5.41) is 0. The number of rotatable bonds is 0. The van der Waals surface area contributed by atoms with Gasteiger partial charge in [-0.2, -0.15) is 0 Å². The van der Waals surface area contributed by atoms with E-state index in [4.69, 9.17) is 11.5 Å². The first-order valence-corrected chi connectivity index (χ1v) is 1.24. The molecule has 0 aliphatic carbocycles. The van der Waals surface area contributed by atoms with Gasteiger partial charge in [0.05, 0.1) is 0 Å². The molecule has 0 aromatic carbocycles. The molecule has 38 valence electrons. The third-order valence-electron chi connectivity index (χ3n) is 0.338. The number of nitrogens with one attached hydrogen (secondary N) is 1. The molecule has 5 N–H and O–H groups in total. The van der Waals surface area contributed by atoms with E-state index in [-0.39, 0.29) is 12.4 Å². The van der Waals surface area contributed by atoms with Crippen molar-refractivity contribution in [3.05, 3.63) is 0 Å². The van der Waals surface area contributed by atoms with Crippen LogP contribution in [0.4, 0.5) is 0 Å². The number of nitrogens with two attached hydrogens (primary N) is 2. The molecular formula is CH6ClN3O. The van der Waals surface area contributed by atoms with Gasteiger partial charge in [0.2, 0.25) is 0 Å². The lowest BCUT2D eigenvalue weighted by atomic mass is 10.9. The summed E-state index contributed by atoms with van der Waals surface area (Å²) in [6, 6.07) is 0. The van der Waals surface area contributed by atoms with Gasteiger partial charge in [-0.3, -0.25) is 11.5 Å². The van der Waals surface area contributed by atoms with Gasteiger partial charge < -0.3 is 0 Å². The van der Waals surface area contributed by atoms with E-state index >= 15 is 0 Å². The summed E-state index contributed by atoms with van der Waals surface area (Å²) in [6.07, 6.45) is 0. The summed E-state index contributed by atoms with van der Waals surface area (Å²) in [7, 11) is 0. The molecule has 1 rings (SSSR count). The van der Waals surface area contributed by atoms with E-state index in [0.29, 0.717) is 0 Å². The number of halogens is 1. The van der Waals surface area contributed by atoms with Gasteiger partial charge in [-0.1, -0.05) is 0 Å². The molecule has 0 saturated carbocycles. The second kappa shape index (κ2) is 1.32. The second-order valence-electron chi connectivity index (χ2n) is 0.997. The Bertz CT molecular complexity index is 48.8. The highest BCUT2D eigenvalue weighted by Crippen LogP contribution is 1.97. The van der Waals surface area contributed by atoms with Crippen LogP contribution in [0.5, 0.6) is 0 Å². The van der Waals surface area contributed by atoms with Gasteiger partial charge in [-0.05, 0) is 0 Å². The Hall–Kier alpha value is 0.130. The number of hydroxylamine groups is 1. The lowest BCUT2D eigenvalue weighted by Crippen LogP contribution is -2.37. The fraction of sp³-hybridized carbons (Fsp3) is 1.00. The maximum Gasteiger partial charge on any atom is 0.270 e. The number of hydrogen-bond donors (Lipinski definition) is 3. The first-order chi connectivity index (χ1) is 2.21. The van der Waals surface area contributed by atoms with Gasteiger partial charge in [0.25, 0.3) is 5.97 Å². The van der Waals surface area contributed by atoms with Gasteiger partial charge >= 0.3 is 0 Å². The van der Waals surface area contributed by atoms with E-state index in [1.807, 2.05) is 0 Å². The maximum absolute atomic E-state index is 4.91. The molecule has 0 aromatic rings. The van der Waals surface area contributed by atoms with Crippen molar-refractivity contribution < 1.29 is 4.84 Å². The Morgan fingerprint density at radius 1 is 1.50 bits per heavy atom. The predicted molar refractivity (Wildman–Crippen MR) is 22.6 cm³/mol. The van der Waals surface area contributed by atoms with Crippen molar-refractivity contribution in [3.8, 4) is 0 Å². The van der Waals surface area contributed by atoms with Crippen molar-refractivity contribution in [2.45, 2.75) is 5.97 Å². The zero-order valence-corrected chi connectivity index (χ0v) is 3.79. The predicted octanol–water partition coefficient (Wildman–Crippen LogP) is -1.53. The largest absolute Gasteiger partial charge is 0.274 e. The SMILES string of the molecule is Cl.NC1(N)NO1. The Morgan fingerprint density at radius 3 is 1.67 bits per heavy atom. The molecule has 6 heavy (non-hydrogen) atoms. The smallest absolute Gasteiger partial charge is 0.270 e. The normalized spacial score (nSPS) is 25.0. The molecule has 1 heterocycles. The van der Waals surface area contributed by atoms with Gasteiger partial charge in [0, 0.05) is 0 Å². The van der Waals surface area contributed by atoms with Crippen LogP contribution in [0.15, 0.2) is 0 Å². The first-order valence-electron chi connectivity index (χ1n) is 1.24. The third kappa shape index (κ3) is 1.54. The molecular weight excluding hydrogens is 105 g/mol. The van der Waals surface area contributed by atoms with Crippen molar-refractivity contribution in [3.63, 3.8) is 0 Å². The highest BCUT2D eigenvalue weighted by atomic mass is 35.5. The molecule has 0 radical (unpaired) electrons. The summed E-state index contributed by atoms with van der Waals surface area (Å²) in [5.74, 6) is -1.00. The minimum Gasteiger partial charge on any atom is -0.274 e. The summed E-state index contributed by atoms with van der Waals surface area (Å²) in [4.78, 5) is 4.20. The second-order valence-corrected chi connectivity index (χ2v) is 0.997. The minimum absolute atomic E-state index is 0. The third-order valence-corrected chi connectivity index (χ3v) is 0.338. The fourth-order valence-electron chi connectivity index (χ4n) is 0.0589. The van der Waals surface area contributed by atoms with Gasteiger partial charge in [-0.25, -0.2) is 4.84 Å². The van der Waals surface area contributed by atoms with Crippen LogP contribution in [0, 0.1) is 0 Å². The summed E-state index contributed by atoms with van der Waals surface area (Å²) in [6.45, 7) is 0. The minimum atomic E-state index is -1.00. The average molecular weight is 112 g/mol. The van der Waals surface area contributed by atoms with Crippen LogP contribution in [0.25, 0.3) is 0 Å². The van der Waals surface area contributed by atoms with Crippen molar-refractivity contribution in [1.29, 1.82) is 0 Å². The molecule has 1 fully saturated rings. The van der Waals surface area contributed by atoms with Crippen LogP contribution >= 0.6 is 12.4 Å². The highest BCUT2D eigenvalue weighted by Gasteiger charge is 2.34. The molecule has 0 amide bonds. The fourth-order valence-corrected chi connectivity index (χ4v) is 0.0589. The van der Waals surface area contributed by atoms with Crippen molar-refractivity contribution in [1.82, 2.24) is 5.48 Å². The van der Waals surface area contributed by atoms with E-state index in [1.54, 1.807) is 0 Å². The quantitative estimate of drug-likeness (QED) is 0.262. The van der Waals surface area contributed by atoms with Crippen LogP contribution in [0.3, 0.4) is 0 Å². The average Bonchev–Trinajstić information content (AvgIpc) is 1.76. The molecule has 0 bridgehead atoms. The monoisotopic (exact) mass is 111 g/mol. The van der Waals surface area contributed by atoms with Gasteiger partial charge in [0.1, 0.15) is 0 Å². The highest BCUT2D eigenvalue weighted by molar-refractivity contribution is 5.85. The van der Waals surface area contributed by atoms with E-state index in [0.717, 1.165) is 0 Å². The van der Waals surface area contributed by atoms with E-state index in [2.05, 4.69) is 10.3 Å². The van der Waals surface area contributed by atoms with E-state index < -0.39 is 5.97 Å². The van der Waals surface area contributed by atoms with Gasteiger partial charge in [-0.15, -0.1) is 17.9 Å².